The molecule has 0 saturated heterocycles. The van der Waals surface area contributed by atoms with Crippen LogP contribution in [0.15, 0.2) is 6.20 Å². The summed E-state index contributed by atoms with van der Waals surface area (Å²) in [4.78, 5) is 0. The van der Waals surface area contributed by atoms with E-state index in [2.05, 4.69) is 32.8 Å². The van der Waals surface area contributed by atoms with Crippen LogP contribution in [-0.2, 0) is 13.1 Å². The maximum atomic E-state index is 6.12. The minimum Gasteiger partial charge on any atom is -0.244 e. The van der Waals surface area contributed by atoms with E-state index in [0.717, 1.165) is 37.3 Å². The predicted octanol–water partition coefficient (Wildman–Crippen LogP) is 1.80. The smallest absolute Gasteiger partial charge is 0.172 e. The van der Waals surface area contributed by atoms with E-state index in [1.165, 1.54) is 0 Å². The third kappa shape index (κ3) is 3.50. The molecule has 0 bridgehead atoms. The molecule has 0 aromatic carbocycles. The van der Waals surface area contributed by atoms with E-state index < -0.39 is 0 Å². The summed E-state index contributed by atoms with van der Waals surface area (Å²) < 4.78 is 3.53. The van der Waals surface area contributed by atoms with Crippen molar-refractivity contribution in [2.75, 3.05) is 0 Å². The van der Waals surface area contributed by atoms with E-state index >= 15 is 0 Å². The van der Waals surface area contributed by atoms with Crippen molar-refractivity contribution in [3.8, 4) is 0 Å². The third-order valence-corrected chi connectivity index (χ3v) is 3.40. The standard InChI is InChI=1S/C11H18ClN7/c1-3-5-6-19-11(14-15-17-19)8-18-7-10(13-16-18)9(12)4-2/h7,9H,3-6,8H2,1-2H3. The van der Waals surface area contributed by atoms with Crippen LogP contribution in [0.4, 0.5) is 0 Å². The van der Waals surface area contributed by atoms with E-state index in [4.69, 9.17) is 11.6 Å². The van der Waals surface area contributed by atoms with Gasteiger partial charge in [0.05, 0.1) is 11.6 Å². The summed E-state index contributed by atoms with van der Waals surface area (Å²) in [6.07, 6.45) is 4.84. The Kier molecular flexibility index (Phi) is 4.84. The molecule has 0 N–H and O–H groups in total. The molecule has 2 rings (SSSR count). The molecule has 0 radical (unpaired) electrons. The topological polar surface area (TPSA) is 74.3 Å². The number of hydrogen-bond donors (Lipinski definition) is 0. The summed E-state index contributed by atoms with van der Waals surface area (Å²) in [5.41, 5.74) is 0.789. The molecule has 8 heteroatoms. The van der Waals surface area contributed by atoms with E-state index in [1.807, 2.05) is 17.8 Å². The van der Waals surface area contributed by atoms with Crippen LogP contribution in [0.2, 0.25) is 0 Å². The Hall–Kier alpha value is -1.50. The molecule has 19 heavy (non-hydrogen) atoms. The fourth-order valence-corrected chi connectivity index (χ4v) is 1.81. The lowest BCUT2D eigenvalue weighted by Crippen LogP contribution is -2.10. The van der Waals surface area contributed by atoms with Gasteiger partial charge in [0.25, 0.3) is 0 Å². The SMILES string of the molecule is CCCCn1nnnc1Cn1cc(C(Cl)CC)nn1. The molecule has 2 heterocycles. The summed E-state index contributed by atoms with van der Waals surface area (Å²) in [7, 11) is 0. The van der Waals surface area contributed by atoms with Crippen LogP contribution in [0.1, 0.15) is 50.0 Å². The van der Waals surface area contributed by atoms with Crippen molar-refractivity contribution in [3.63, 3.8) is 0 Å². The molecular weight excluding hydrogens is 266 g/mol. The predicted molar refractivity (Wildman–Crippen MR) is 70.7 cm³/mol. The highest BCUT2D eigenvalue weighted by molar-refractivity contribution is 6.20. The number of tetrazole rings is 1. The Morgan fingerprint density at radius 3 is 2.84 bits per heavy atom. The van der Waals surface area contributed by atoms with Crippen molar-refractivity contribution in [3.05, 3.63) is 17.7 Å². The van der Waals surface area contributed by atoms with E-state index in [0.29, 0.717) is 6.54 Å². The number of nitrogens with zero attached hydrogens (tertiary/aromatic N) is 7. The van der Waals surface area contributed by atoms with E-state index in [9.17, 15) is 0 Å². The summed E-state index contributed by atoms with van der Waals surface area (Å²) in [5.74, 6) is 0.785. The van der Waals surface area contributed by atoms with E-state index in [1.54, 1.807) is 4.68 Å². The van der Waals surface area contributed by atoms with Crippen LogP contribution in [-0.4, -0.2) is 35.2 Å². The zero-order valence-electron chi connectivity index (χ0n) is 11.2. The van der Waals surface area contributed by atoms with Crippen LogP contribution < -0.4 is 0 Å². The van der Waals surface area contributed by atoms with Gasteiger partial charge in [-0.15, -0.1) is 21.8 Å². The number of halogens is 1. The quantitative estimate of drug-likeness (QED) is 0.725. The second-order valence-electron chi connectivity index (χ2n) is 4.39. The molecule has 0 fully saturated rings. The molecule has 0 spiro atoms. The molecule has 0 aliphatic heterocycles. The first-order valence-electron chi connectivity index (χ1n) is 6.53. The molecule has 1 unspecified atom stereocenters. The molecule has 2 aromatic rings. The van der Waals surface area contributed by atoms with Crippen LogP contribution in [0.25, 0.3) is 0 Å². The number of unbranched alkanes of at least 4 members (excludes halogenated alkanes) is 1. The van der Waals surface area contributed by atoms with Gasteiger partial charge in [0, 0.05) is 6.54 Å². The number of alkyl halides is 1. The van der Waals surface area contributed by atoms with Gasteiger partial charge in [0.1, 0.15) is 12.2 Å². The minimum absolute atomic E-state index is 0.0927. The van der Waals surface area contributed by atoms with Crippen LogP contribution in [0.3, 0.4) is 0 Å². The highest BCUT2D eigenvalue weighted by Gasteiger charge is 2.12. The van der Waals surface area contributed by atoms with Crippen molar-refractivity contribution in [2.45, 2.75) is 51.6 Å². The fourth-order valence-electron chi connectivity index (χ4n) is 1.71. The molecule has 0 aliphatic carbocycles. The average molecular weight is 284 g/mol. The van der Waals surface area contributed by atoms with Crippen molar-refractivity contribution < 1.29 is 0 Å². The Bertz CT molecular complexity index is 507. The first kappa shape index (κ1) is 13.9. The lowest BCUT2D eigenvalue weighted by Gasteiger charge is -2.03. The molecule has 0 aliphatic rings. The van der Waals surface area contributed by atoms with Gasteiger partial charge in [-0.1, -0.05) is 25.5 Å². The van der Waals surface area contributed by atoms with Gasteiger partial charge in [0.2, 0.25) is 0 Å². The highest BCUT2D eigenvalue weighted by atomic mass is 35.5. The number of aryl methyl sites for hydroxylation is 1. The summed E-state index contributed by atoms with van der Waals surface area (Å²) in [6, 6.07) is 0. The van der Waals surface area contributed by atoms with Gasteiger partial charge in [-0.2, -0.15) is 0 Å². The van der Waals surface area contributed by atoms with Crippen molar-refractivity contribution in [1.82, 2.24) is 35.2 Å². The van der Waals surface area contributed by atoms with Crippen molar-refractivity contribution in [1.29, 1.82) is 0 Å². The monoisotopic (exact) mass is 283 g/mol. The van der Waals surface area contributed by atoms with Gasteiger partial charge < -0.3 is 0 Å². The molecule has 7 nitrogen and oxygen atoms in total. The Balaban J connectivity index is 2.04. The summed E-state index contributed by atoms with van der Waals surface area (Å²) in [6.45, 7) is 5.49. The highest BCUT2D eigenvalue weighted by Crippen LogP contribution is 2.20. The first-order chi connectivity index (χ1) is 9.24. The number of hydrogen-bond acceptors (Lipinski definition) is 5. The van der Waals surface area contributed by atoms with Gasteiger partial charge in [-0.05, 0) is 23.3 Å². The lowest BCUT2D eigenvalue weighted by atomic mass is 10.3. The Morgan fingerprint density at radius 2 is 2.11 bits per heavy atom. The number of rotatable bonds is 7. The zero-order valence-corrected chi connectivity index (χ0v) is 12.0. The zero-order chi connectivity index (χ0) is 13.7. The Labute approximate surface area is 116 Å². The minimum atomic E-state index is -0.0927. The third-order valence-electron chi connectivity index (χ3n) is 2.87. The Morgan fingerprint density at radius 1 is 1.26 bits per heavy atom. The summed E-state index contributed by atoms with van der Waals surface area (Å²) >= 11 is 6.12. The molecular formula is C11H18ClN7. The number of aromatic nitrogens is 7. The van der Waals surface area contributed by atoms with Crippen molar-refractivity contribution >= 4 is 11.6 Å². The lowest BCUT2D eigenvalue weighted by molar-refractivity contribution is 0.511. The second-order valence-corrected chi connectivity index (χ2v) is 4.92. The molecule has 1 atom stereocenters. The van der Waals surface area contributed by atoms with Crippen molar-refractivity contribution in [2.24, 2.45) is 0 Å². The average Bonchev–Trinajstić information content (AvgIpc) is 3.05. The van der Waals surface area contributed by atoms with Gasteiger partial charge >= 0.3 is 0 Å². The summed E-state index contributed by atoms with van der Waals surface area (Å²) in [5, 5.41) is 19.7. The van der Waals surface area contributed by atoms with Crippen LogP contribution in [0, 0.1) is 0 Å². The molecule has 104 valence electrons. The second kappa shape index (κ2) is 6.60. The fraction of sp³-hybridized carbons (Fsp3) is 0.727. The first-order valence-corrected chi connectivity index (χ1v) is 6.97. The molecule has 0 amide bonds. The van der Waals surface area contributed by atoms with Gasteiger partial charge in [0.15, 0.2) is 5.82 Å². The van der Waals surface area contributed by atoms with Gasteiger partial charge in [-0.25, -0.2) is 9.36 Å². The molecule has 0 saturated carbocycles. The maximum absolute atomic E-state index is 6.12. The van der Waals surface area contributed by atoms with Crippen LogP contribution >= 0.6 is 11.6 Å². The molecule has 2 aromatic heterocycles. The normalized spacial score (nSPS) is 12.8. The van der Waals surface area contributed by atoms with E-state index in [-0.39, 0.29) is 5.38 Å². The largest absolute Gasteiger partial charge is 0.244 e. The van der Waals surface area contributed by atoms with Gasteiger partial charge in [-0.3, -0.25) is 0 Å². The van der Waals surface area contributed by atoms with Crippen LogP contribution in [0.5, 0.6) is 0 Å². The maximum Gasteiger partial charge on any atom is 0.172 e.